The molecule has 0 amide bonds. The van der Waals surface area contributed by atoms with Gasteiger partial charge >= 0.3 is 0 Å². The minimum absolute atomic E-state index is 0.528. The van der Waals surface area contributed by atoms with E-state index in [1.165, 1.54) is 24.9 Å². The minimum atomic E-state index is 0.528. The molecule has 2 heterocycles. The molecule has 4 heteroatoms. The number of methoxy groups -OCH3 is 1. The molecule has 0 radical (unpaired) electrons. The molecule has 0 aliphatic carbocycles. The van der Waals surface area contributed by atoms with Crippen LogP contribution >= 0.6 is 0 Å². The molecule has 4 nitrogen and oxygen atoms in total. The molecule has 21 heavy (non-hydrogen) atoms. The lowest BCUT2D eigenvalue weighted by Gasteiger charge is -2.27. The van der Waals surface area contributed by atoms with Crippen LogP contribution in [0.2, 0.25) is 0 Å². The van der Waals surface area contributed by atoms with Crippen LogP contribution in [0.1, 0.15) is 24.3 Å². The van der Waals surface area contributed by atoms with E-state index in [1.807, 2.05) is 0 Å². The summed E-state index contributed by atoms with van der Waals surface area (Å²) in [5.41, 5.74) is 1.38. The number of nitrogens with one attached hydrogen (secondary N) is 1. The summed E-state index contributed by atoms with van der Waals surface area (Å²) in [7, 11) is 1.75. The van der Waals surface area contributed by atoms with Gasteiger partial charge in [0.2, 0.25) is 0 Å². The maximum absolute atomic E-state index is 5.81. The molecular formula is C17H26N2O2. The van der Waals surface area contributed by atoms with Crippen molar-refractivity contribution in [3.63, 3.8) is 0 Å². The Bertz CT molecular complexity index is 452. The van der Waals surface area contributed by atoms with E-state index in [0.717, 1.165) is 38.6 Å². The number of benzene rings is 1. The van der Waals surface area contributed by atoms with Crippen molar-refractivity contribution in [3.05, 3.63) is 29.8 Å². The lowest BCUT2D eigenvalue weighted by molar-refractivity contribution is 0.187. The molecule has 1 N–H and O–H groups in total. The third-order valence-corrected chi connectivity index (χ3v) is 4.62. The number of fused-ring (bicyclic) bond motifs is 1. The van der Waals surface area contributed by atoms with Gasteiger partial charge in [0.25, 0.3) is 0 Å². The topological polar surface area (TPSA) is 33.7 Å². The second-order valence-corrected chi connectivity index (χ2v) is 6.03. The fourth-order valence-corrected chi connectivity index (χ4v) is 3.47. The Morgan fingerprint density at radius 3 is 3.19 bits per heavy atom. The highest BCUT2D eigenvalue weighted by Gasteiger charge is 2.30. The molecule has 2 atom stereocenters. The van der Waals surface area contributed by atoms with Gasteiger partial charge in [0.1, 0.15) is 5.75 Å². The van der Waals surface area contributed by atoms with Gasteiger partial charge < -0.3 is 14.8 Å². The molecule has 0 saturated carbocycles. The molecule has 1 aromatic carbocycles. The van der Waals surface area contributed by atoms with Crippen molar-refractivity contribution in [2.24, 2.45) is 0 Å². The highest BCUT2D eigenvalue weighted by Crippen LogP contribution is 2.35. The van der Waals surface area contributed by atoms with Crippen molar-refractivity contribution >= 4 is 0 Å². The number of hydrogen-bond donors (Lipinski definition) is 1. The molecule has 3 rings (SSSR count). The van der Waals surface area contributed by atoms with Crippen LogP contribution in [0, 0.1) is 0 Å². The number of nitrogens with zero attached hydrogens (tertiary/aromatic N) is 1. The van der Waals surface area contributed by atoms with Gasteiger partial charge in [0.15, 0.2) is 0 Å². The minimum Gasteiger partial charge on any atom is -0.493 e. The maximum atomic E-state index is 5.81. The molecular weight excluding hydrogens is 264 g/mol. The zero-order chi connectivity index (χ0) is 14.5. The first-order chi connectivity index (χ1) is 10.4. The molecule has 2 aliphatic rings. The van der Waals surface area contributed by atoms with Crippen LogP contribution in [0.5, 0.6) is 5.75 Å². The van der Waals surface area contributed by atoms with Gasteiger partial charge in [0.05, 0.1) is 13.2 Å². The van der Waals surface area contributed by atoms with E-state index in [2.05, 4.69) is 34.5 Å². The fraction of sp³-hybridized carbons (Fsp3) is 0.647. The molecule has 2 aliphatic heterocycles. The van der Waals surface area contributed by atoms with Gasteiger partial charge in [-0.15, -0.1) is 0 Å². The Balaban J connectivity index is 1.52. The number of hydrogen-bond acceptors (Lipinski definition) is 4. The summed E-state index contributed by atoms with van der Waals surface area (Å²) in [6.07, 6.45) is 2.61. The predicted molar refractivity (Wildman–Crippen MR) is 84.0 cm³/mol. The Kier molecular flexibility index (Phi) is 5.12. The highest BCUT2D eigenvalue weighted by molar-refractivity contribution is 5.39. The van der Waals surface area contributed by atoms with Gasteiger partial charge in [-0.05, 0) is 25.5 Å². The molecule has 0 aromatic heterocycles. The van der Waals surface area contributed by atoms with Crippen molar-refractivity contribution < 1.29 is 9.47 Å². The Morgan fingerprint density at radius 1 is 1.38 bits per heavy atom. The van der Waals surface area contributed by atoms with E-state index in [0.29, 0.717) is 12.0 Å². The SMILES string of the molecule is COCCNCC1CCCN1CC1COc2ccccc21. The second kappa shape index (κ2) is 7.25. The van der Waals surface area contributed by atoms with E-state index in [-0.39, 0.29) is 0 Å². The molecule has 1 aromatic rings. The highest BCUT2D eigenvalue weighted by atomic mass is 16.5. The van der Waals surface area contributed by atoms with E-state index >= 15 is 0 Å². The number of ether oxygens (including phenoxy) is 2. The van der Waals surface area contributed by atoms with Crippen LogP contribution in [0.3, 0.4) is 0 Å². The maximum Gasteiger partial charge on any atom is 0.122 e. The summed E-state index contributed by atoms with van der Waals surface area (Å²) in [4.78, 5) is 2.63. The van der Waals surface area contributed by atoms with Crippen molar-refractivity contribution in [2.45, 2.75) is 24.8 Å². The average molecular weight is 290 g/mol. The number of likely N-dealkylation sites (tertiary alicyclic amines) is 1. The van der Waals surface area contributed by atoms with Crippen molar-refractivity contribution in [1.29, 1.82) is 0 Å². The third kappa shape index (κ3) is 3.57. The normalized spacial score (nSPS) is 25.0. The van der Waals surface area contributed by atoms with Crippen molar-refractivity contribution in [2.75, 3.05) is 46.5 Å². The van der Waals surface area contributed by atoms with Gasteiger partial charge in [-0.1, -0.05) is 18.2 Å². The Labute approximate surface area is 127 Å². The van der Waals surface area contributed by atoms with E-state index in [1.54, 1.807) is 7.11 Å². The van der Waals surface area contributed by atoms with Gasteiger partial charge in [-0.25, -0.2) is 0 Å². The fourth-order valence-electron chi connectivity index (χ4n) is 3.47. The van der Waals surface area contributed by atoms with E-state index in [9.17, 15) is 0 Å². The van der Waals surface area contributed by atoms with Crippen LogP contribution in [0.25, 0.3) is 0 Å². The van der Waals surface area contributed by atoms with Crippen LogP contribution in [0.4, 0.5) is 0 Å². The zero-order valence-electron chi connectivity index (χ0n) is 12.9. The Morgan fingerprint density at radius 2 is 2.29 bits per heavy atom. The van der Waals surface area contributed by atoms with Crippen LogP contribution in [0.15, 0.2) is 24.3 Å². The van der Waals surface area contributed by atoms with E-state index in [4.69, 9.17) is 9.47 Å². The third-order valence-electron chi connectivity index (χ3n) is 4.62. The molecule has 0 spiro atoms. The first-order valence-electron chi connectivity index (χ1n) is 8.04. The lowest BCUT2D eigenvalue weighted by Crippen LogP contribution is -2.41. The quantitative estimate of drug-likeness (QED) is 0.777. The first-order valence-corrected chi connectivity index (χ1v) is 8.04. The van der Waals surface area contributed by atoms with E-state index < -0.39 is 0 Å². The molecule has 116 valence electrons. The van der Waals surface area contributed by atoms with Gasteiger partial charge in [-0.2, -0.15) is 0 Å². The number of rotatable bonds is 7. The monoisotopic (exact) mass is 290 g/mol. The molecule has 0 bridgehead atoms. The van der Waals surface area contributed by atoms with Crippen LogP contribution < -0.4 is 10.1 Å². The molecule has 1 saturated heterocycles. The standard InChI is InChI=1S/C17H26N2O2/c1-20-10-8-18-11-15-5-4-9-19(15)12-14-13-21-17-7-3-2-6-16(14)17/h2-3,6-7,14-15,18H,4-5,8-13H2,1H3. The summed E-state index contributed by atoms with van der Waals surface area (Å²) < 4.78 is 10.9. The van der Waals surface area contributed by atoms with Crippen molar-refractivity contribution in [3.8, 4) is 5.75 Å². The van der Waals surface area contributed by atoms with Crippen LogP contribution in [-0.4, -0.2) is 57.4 Å². The summed E-state index contributed by atoms with van der Waals surface area (Å²) in [5.74, 6) is 1.61. The first kappa shape index (κ1) is 14.8. The zero-order valence-corrected chi connectivity index (χ0v) is 12.9. The smallest absolute Gasteiger partial charge is 0.122 e. The van der Waals surface area contributed by atoms with Crippen molar-refractivity contribution in [1.82, 2.24) is 10.2 Å². The molecule has 1 fully saturated rings. The predicted octanol–water partition coefficient (Wildman–Crippen LogP) is 1.86. The summed E-state index contributed by atoms with van der Waals surface area (Å²) in [5, 5.41) is 3.50. The second-order valence-electron chi connectivity index (χ2n) is 6.03. The number of para-hydroxylation sites is 1. The Hall–Kier alpha value is -1.10. The largest absolute Gasteiger partial charge is 0.493 e. The summed E-state index contributed by atoms with van der Waals surface area (Å²) >= 11 is 0. The summed E-state index contributed by atoms with van der Waals surface area (Å²) in [6.45, 7) is 5.97. The lowest BCUT2D eigenvalue weighted by atomic mass is 10.0. The average Bonchev–Trinajstić information content (AvgIpc) is 3.12. The van der Waals surface area contributed by atoms with Gasteiger partial charge in [-0.3, -0.25) is 4.90 Å². The van der Waals surface area contributed by atoms with Crippen LogP contribution in [-0.2, 0) is 4.74 Å². The molecule has 2 unspecified atom stereocenters. The van der Waals surface area contributed by atoms with Gasteiger partial charge in [0, 0.05) is 44.3 Å². The summed E-state index contributed by atoms with van der Waals surface area (Å²) in [6, 6.07) is 9.14.